The molecule has 0 amide bonds. The highest BCUT2D eigenvalue weighted by Crippen LogP contribution is 2.26. The van der Waals surface area contributed by atoms with Crippen LogP contribution in [0.15, 0.2) is 49.1 Å². The van der Waals surface area contributed by atoms with Crippen molar-refractivity contribution in [3.05, 3.63) is 65.7 Å². The van der Waals surface area contributed by atoms with Crippen molar-refractivity contribution in [2.75, 3.05) is 6.54 Å². The van der Waals surface area contributed by atoms with E-state index in [1.807, 2.05) is 23.1 Å². The van der Waals surface area contributed by atoms with Gasteiger partial charge in [0.25, 0.3) is 0 Å². The molecule has 4 nitrogen and oxygen atoms in total. The van der Waals surface area contributed by atoms with Gasteiger partial charge in [0.2, 0.25) is 0 Å². The number of benzene rings is 1. The molecule has 3 aromatic rings. The Kier molecular flexibility index (Phi) is 3.97. The lowest BCUT2D eigenvalue weighted by molar-refractivity contribution is 0.633. The molecule has 2 heterocycles. The molecule has 1 atom stereocenters. The molecule has 0 aliphatic heterocycles. The zero-order chi connectivity index (χ0) is 14.7. The van der Waals surface area contributed by atoms with Gasteiger partial charge in [-0.15, -0.1) is 0 Å². The number of hydrogen-bond acceptors (Lipinski definition) is 3. The van der Waals surface area contributed by atoms with Crippen molar-refractivity contribution in [3.8, 4) is 0 Å². The molecule has 2 aromatic heterocycles. The smallest absolute Gasteiger partial charge is 0.0896 e. The number of nitrogens with one attached hydrogen (secondary N) is 1. The molecule has 3 rings (SSSR count). The van der Waals surface area contributed by atoms with Crippen LogP contribution in [-0.4, -0.2) is 21.1 Å². The third kappa shape index (κ3) is 2.67. The van der Waals surface area contributed by atoms with Crippen molar-refractivity contribution in [3.63, 3.8) is 0 Å². The van der Waals surface area contributed by atoms with Gasteiger partial charge in [0.05, 0.1) is 24.0 Å². The van der Waals surface area contributed by atoms with Crippen molar-refractivity contribution in [2.45, 2.75) is 26.3 Å². The van der Waals surface area contributed by atoms with Crippen LogP contribution < -0.4 is 5.32 Å². The zero-order valence-electron chi connectivity index (χ0n) is 12.5. The Morgan fingerprint density at radius 2 is 2.14 bits per heavy atom. The van der Waals surface area contributed by atoms with Gasteiger partial charge in [0.1, 0.15) is 0 Å². The number of fused-ring (bicyclic) bond motifs is 1. The van der Waals surface area contributed by atoms with Gasteiger partial charge in [0, 0.05) is 18.0 Å². The summed E-state index contributed by atoms with van der Waals surface area (Å²) in [5.74, 6) is 0. The second-order valence-corrected chi connectivity index (χ2v) is 5.10. The van der Waals surface area contributed by atoms with Crippen LogP contribution in [0.1, 0.15) is 36.6 Å². The average Bonchev–Trinajstić information content (AvgIpc) is 2.96. The van der Waals surface area contributed by atoms with E-state index in [-0.39, 0.29) is 6.04 Å². The standard InChI is InChI=1S/C17H20N4/c1-3-13-6-5-7-14(10-13)17(19-4-2)15-11-20-21-9-8-18-12-16(15)21/h5-12,17,19H,3-4H2,1-2H3. The summed E-state index contributed by atoms with van der Waals surface area (Å²) in [5, 5.41) is 7.99. The van der Waals surface area contributed by atoms with Crippen LogP contribution in [0.2, 0.25) is 0 Å². The quantitative estimate of drug-likeness (QED) is 0.781. The van der Waals surface area contributed by atoms with Gasteiger partial charge < -0.3 is 5.32 Å². The lowest BCUT2D eigenvalue weighted by atomic mass is 9.97. The van der Waals surface area contributed by atoms with Crippen molar-refractivity contribution in [2.24, 2.45) is 0 Å². The van der Waals surface area contributed by atoms with Crippen LogP contribution in [0.3, 0.4) is 0 Å². The second kappa shape index (κ2) is 6.06. The van der Waals surface area contributed by atoms with Crippen molar-refractivity contribution in [1.82, 2.24) is 19.9 Å². The Labute approximate surface area is 124 Å². The topological polar surface area (TPSA) is 42.2 Å². The highest BCUT2D eigenvalue weighted by atomic mass is 15.2. The Hall–Kier alpha value is -2.20. The van der Waals surface area contributed by atoms with Gasteiger partial charge in [-0.3, -0.25) is 4.98 Å². The van der Waals surface area contributed by atoms with E-state index in [4.69, 9.17) is 0 Å². The molecule has 0 saturated heterocycles. The number of nitrogens with zero attached hydrogens (tertiary/aromatic N) is 3. The molecule has 4 heteroatoms. The fraction of sp³-hybridized carbons (Fsp3) is 0.294. The Bertz CT molecular complexity index is 732. The zero-order valence-corrected chi connectivity index (χ0v) is 12.5. The number of aromatic nitrogens is 3. The molecule has 0 bridgehead atoms. The lowest BCUT2D eigenvalue weighted by Crippen LogP contribution is -2.22. The first kappa shape index (κ1) is 13.8. The first-order valence-corrected chi connectivity index (χ1v) is 7.43. The molecule has 0 aliphatic rings. The van der Waals surface area contributed by atoms with Gasteiger partial charge in [0.15, 0.2) is 0 Å². The Morgan fingerprint density at radius 1 is 1.24 bits per heavy atom. The highest BCUT2D eigenvalue weighted by molar-refractivity contribution is 5.55. The van der Waals surface area contributed by atoms with E-state index in [2.05, 4.69) is 53.5 Å². The summed E-state index contributed by atoms with van der Waals surface area (Å²) in [6.45, 7) is 5.21. The van der Waals surface area contributed by atoms with Gasteiger partial charge in [-0.05, 0) is 24.1 Å². The summed E-state index contributed by atoms with van der Waals surface area (Å²) in [7, 11) is 0. The minimum absolute atomic E-state index is 0.142. The van der Waals surface area contributed by atoms with Gasteiger partial charge in [-0.2, -0.15) is 5.10 Å². The first-order valence-electron chi connectivity index (χ1n) is 7.43. The SMILES string of the molecule is CCNC(c1cccc(CC)c1)c1cnn2ccncc12. The van der Waals surface area contributed by atoms with Crippen LogP contribution in [-0.2, 0) is 6.42 Å². The number of aryl methyl sites for hydroxylation is 1. The summed E-state index contributed by atoms with van der Waals surface area (Å²) >= 11 is 0. The molecular weight excluding hydrogens is 260 g/mol. The first-order chi connectivity index (χ1) is 10.3. The monoisotopic (exact) mass is 280 g/mol. The number of hydrogen-bond donors (Lipinski definition) is 1. The fourth-order valence-corrected chi connectivity index (χ4v) is 2.68. The van der Waals surface area contributed by atoms with Crippen LogP contribution in [0.4, 0.5) is 0 Å². The summed E-state index contributed by atoms with van der Waals surface area (Å²) in [6.07, 6.45) is 8.48. The second-order valence-electron chi connectivity index (χ2n) is 5.10. The minimum atomic E-state index is 0.142. The van der Waals surface area contributed by atoms with Crippen LogP contribution >= 0.6 is 0 Å². The molecule has 108 valence electrons. The average molecular weight is 280 g/mol. The fourth-order valence-electron chi connectivity index (χ4n) is 2.68. The third-order valence-corrected chi connectivity index (χ3v) is 3.77. The van der Waals surface area contributed by atoms with E-state index in [0.717, 1.165) is 18.5 Å². The molecule has 1 N–H and O–H groups in total. The molecule has 1 unspecified atom stereocenters. The van der Waals surface area contributed by atoms with Gasteiger partial charge in [-0.1, -0.05) is 38.1 Å². The van der Waals surface area contributed by atoms with E-state index in [9.17, 15) is 0 Å². The van der Waals surface area contributed by atoms with Gasteiger partial charge in [-0.25, -0.2) is 4.52 Å². The molecule has 0 fully saturated rings. The lowest BCUT2D eigenvalue weighted by Gasteiger charge is -2.18. The maximum absolute atomic E-state index is 4.43. The van der Waals surface area contributed by atoms with Crippen LogP contribution in [0.25, 0.3) is 5.52 Å². The largest absolute Gasteiger partial charge is 0.306 e. The summed E-state index contributed by atoms with van der Waals surface area (Å²) in [4.78, 5) is 4.23. The molecule has 0 saturated carbocycles. The summed E-state index contributed by atoms with van der Waals surface area (Å²) in [6, 6.07) is 8.88. The molecule has 0 radical (unpaired) electrons. The van der Waals surface area contributed by atoms with E-state index in [0.29, 0.717) is 0 Å². The van der Waals surface area contributed by atoms with Crippen molar-refractivity contribution in [1.29, 1.82) is 0 Å². The summed E-state index contributed by atoms with van der Waals surface area (Å²) < 4.78 is 1.87. The minimum Gasteiger partial charge on any atom is -0.306 e. The van der Waals surface area contributed by atoms with Gasteiger partial charge >= 0.3 is 0 Å². The normalized spacial score (nSPS) is 12.7. The maximum Gasteiger partial charge on any atom is 0.0896 e. The van der Waals surface area contributed by atoms with E-state index in [1.54, 1.807) is 6.20 Å². The predicted molar refractivity (Wildman–Crippen MR) is 84.3 cm³/mol. The molecule has 21 heavy (non-hydrogen) atoms. The molecule has 1 aromatic carbocycles. The summed E-state index contributed by atoms with van der Waals surface area (Å²) in [5.41, 5.74) is 4.84. The van der Waals surface area contributed by atoms with E-state index >= 15 is 0 Å². The van der Waals surface area contributed by atoms with Crippen molar-refractivity contribution >= 4 is 5.52 Å². The van der Waals surface area contributed by atoms with Crippen molar-refractivity contribution < 1.29 is 0 Å². The maximum atomic E-state index is 4.43. The van der Waals surface area contributed by atoms with Crippen LogP contribution in [0, 0.1) is 0 Å². The van der Waals surface area contributed by atoms with E-state index in [1.165, 1.54) is 16.7 Å². The van der Waals surface area contributed by atoms with E-state index < -0.39 is 0 Å². The molecular formula is C17H20N4. The molecule has 0 spiro atoms. The predicted octanol–water partition coefficient (Wildman–Crippen LogP) is 2.99. The van der Waals surface area contributed by atoms with Crippen LogP contribution in [0.5, 0.6) is 0 Å². The Balaban J connectivity index is 2.08. The third-order valence-electron chi connectivity index (χ3n) is 3.77. The Morgan fingerprint density at radius 3 is 2.95 bits per heavy atom. The molecule has 0 aliphatic carbocycles. The number of rotatable bonds is 5. The highest BCUT2D eigenvalue weighted by Gasteiger charge is 2.17.